The van der Waals surface area contributed by atoms with Crippen molar-refractivity contribution in [2.75, 3.05) is 12.4 Å². The van der Waals surface area contributed by atoms with Crippen molar-refractivity contribution in [1.29, 1.82) is 0 Å². The molecule has 0 aliphatic carbocycles. The Morgan fingerprint density at radius 3 is 2.95 bits per heavy atom. The van der Waals surface area contributed by atoms with Crippen molar-refractivity contribution in [3.05, 3.63) is 54.2 Å². The molecule has 0 aliphatic heterocycles. The first-order valence-electron chi connectivity index (χ1n) is 6.15. The molecule has 100 valence electrons. The highest BCUT2D eigenvalue weighted by Crippen LogP contribution is 2.24. The Bertz CT molecular complexity index is 764. The maximum absolute atomic E-state index is 12.2. The van der Waals surface area contributed by atoms with E-state index >= 15 is 0 Å². The molecule has 0 bridgehead atoms. The summed E-state index contributed by atoms with van der Waals surface area (Å²) in [5.74, 6) is 0.439. The van der Waals surface area contributed by atoms with Crippen LogP contribution in [0.1, 0.15) is 10.4 Å². The van der Waals surface area contributed by atoms with Gasteiger partial charge in [0, 0.05) is 10.9 Å². The van der Waals surface area contributed by atoms with Crippen molar-refractivity contribution in [1.82, 2.24) is 10.2 Å². The number of anilines is 1. The van der Waals surface area contributed by atoms with Gasteiger partial charge in [0.1, 0.15) is 5.75 Å². The molecule has 1 heterocycles. The number of amides is 1. The topological polar surface area (TPSA) is 67.0 Å². The van der Waals surface area contributed by atoms with Crippen LogP contribution in [0, 0.1) is 0 Å². The lowest BCUT2D eigenvalue weighted by atomic mass is 10.1. The Hall–Kier alpha value is -2.82. The number of carbonyl (C=O) groups excluding carboxylic acids is 1. The first-order valence-corrected chi connectivity index (χ1v) is 6.15. The Kier molecular flexibility index (Phi) is 3.09. The molecule has 3 aromatic rings. The van der Waals surface area contributed by atoms with Crippen LogP contribution in [-0.2, 0) is 0 Å². The predicted molar refractivity (Wildman–Crippen MR) is 77.0 cm³/mol. The highest BCUT2D eigenvalue weighted by molar-refractivity contribution is 6.06. The number of ether oxygens (including phenoxy) is 1. The minimum atomic E-state index is -0.189. The van der Waals surface area contributed by atoms with Crippen molar-refractivity contribution in [2.24, 2.45) is 0 Å². The largest absolute Gasteiger partial charge is 0.495 e. The van der Waals surface area contributed by atoms with E-state index in [1.807, 2.05) is 18.2 Å². The van der Waals surface area contributed by atoms with Crippen LogP contribution in [0.2, 0.25) is 0 Å². The van der Waals surface area contributed by atoms with Gasteiger partial charge in [0.25, 0.3) is 5.91 Å². The van der Waals surface area contributed by atoms with Gasteiger partial charge in [0.15, 0.2) is 0 Å². The molecule has 2 N–H and O–H groups in total. The number of carbonyl (C=O) groups is 1. The molecule has 0 saturated carbocycles. The molecule has 5 nitrogen and oxygen atoms in total. The third-order valence-corrected chi connectivity index (χ3v) is 3.06. The molecule has 0 unspecified atom stereocenters. The fraction of sp³-hybridized carbons (Fsp3) is 0.0667. The highest BCUT2D eigenvalue weighted by atomic mass is 16.5. The van der Waals surface area contributed by atoms with Crippen LogP contribution >= 0.6 is 0 Å². The van der Waals surface area contributed by atoms with E-state index in [2.05, 4.69) is 15.5 Å². The maximum atomic E-state index is 12.2. The fourth-order valence-electron chi connectivity index (χ4n) is 2.02. The van der Waals surface area contributed by atoms with Crippen LogP contribution in [0.25, 0.3) is 10.9 Å². The van der Waals surface area contributed by atoms with Crippen molar-refractivity contribution >= 4 is 22.5 Å². The smallest absolute Gasteiger partial charge is 0.255 e. The maximum Gasteiger partial charge on any atom is 0.255 e. The van der Waals surface area contributed by atoms with Gasteiger partial charge in [-0.15, -0.1) is 0 Å². The molecule has 0 aliphatic rings. The second-order valence-corrected chi connectivity index (χ2v) is 4.33. The number of hydrogen-bond acceptors (Lipinski definition) is 3. The summed E-state index contributed by atoms with van der Waals surface area (Å²) < 4.78 is 5.21. The second kappa shape index (κ2) is 5.05. The minimum absolute atomic E-state index is 0.189. The van der Waals surface area contributed by atoms with E-state index in [-0.39, 0.29) is 5.91 Å². The average Bonchev–Trinajstić information content (AvgIpc) is 2.95. The highest BCUT2D eigenvalue weighted by Gasteiger charge is 2.10. The first-order chi connectivity index (χ1) is 9.78. The van der Waals surface area contributed by atoms with Gasteiger partial charge in [-0.05, 0) is 24.3 Å². The van der Waals surface area contributed by atoms with Crippen LogP contribution in [0.5, 0.6) is 5.75 Å². The van der Waals surface area contributed by atoms with Crippen molar-refractivity contribution in [3.63, 3.8) is 0 Å². The molecule has 0 fully saturated rings. The number of methoxy groups -OCH3 is 1. The molecule has 0 atom stereocenters. The molecule has 2 aromatic carbocycles. The number of nitrogens with one attached hydrogen (secondary N) is 2. The lowest BCUT2D eigenvalue weighted by Crippen LogP contribution is -2.12. The Morgan fingerprint density at radius 1 is 1.25 bits per heavy atom. The first kappa shape index (κ1) is 12.2. The summed E-state index contributed by atoms with van der Waals surface area (Å²) in [5, 5.41) is 10.6. The van der Waals surface area contributed by atoms with Crippen LogP contribution < -0.4 is 10.1 Å². The number of hydrogen-bond donors (Lipinski definition) is 2. The third kappa shape index (κ3) is 2.21. The second-order valence-electron chi connectivity index (χ2n) is 4.33. The van der Waals surface area contributed by atoms with Gasteiger partial charge in [0.05, 0.1) is 24.5 Å². The summed E-state index contributed by atoms with van der Waals surface area (Å²) in [7, 11) is 1.57. The van der Waals surface area contributed by atoms with Gasteiger partial charge >= 0.3 is 0 Å². The molecule has 1 aromatic heterocycles. The molecule has 3 rings (SSSR count). The predicted octanol–water partition coefficient (Wildman–Crippen LogP) is 2.82. The Morgan fingerprint density at radius 2 is 2.10 bits per heavy atom. The SMILES string of the molecule is COc1ccccc1NC(=O)c1ccc2cn[nH]c2c1. The van der Waals surface area contributed by atoms with Crippen LogP contribution in [-0.4, -0.2) is 23.2 Å². The van der Waals surface area contributed by atoms with Crippen LogP contribution in [0.15, 0.2) is 48.7 Å². The normalized spacial score (nSPS) is 10.4. The lowest BCUT2D eigenvalue weighted by molar-refractivity contribution is 0.102. The van der Waals surface area contributed by atoms with Crippen molar-refractivity contribution < 1.29 is 9.53 Å². The van der Waals surface area contributed by atoms with Crippen molar-refractivity contribution in [2.45, 2.75) is 0 Å². The molecule has 0 saturated heterocycles. The quantitative estimate of drug-likeness (QED) is 0.766. The van der Waals surface area contributed by atoms with E-state index in [0.717, 1.165) is 10.9 Å². The Balaban J connectivity index is 1.88. The number of fused-ring (bicyclic) bond motifs is 1. The number of para-hydroxylation sites is 2. The number of aromatic amines is 1. The van der Waals surface area contributed by atoms with E-state index < -0.39 is 0 Å². The number of rotatable bonds is 3. The summed E-state index contributed by atoms with van der Waals surface area (Å²) in [4.78, 5) is 12.2. The molecule has 0 spiro atoms. The summed E-state index contributed by atoms with van der Waals surface area (Å²) in [6.45, 7) is 0. The summed E-state index contributed by atoms with van der Waals surface area (Å²) in [6.07, 6.45) is 1.72. The molecule has 0 radical (unpaired) electrons. The standard InChI is InChI=1S/C15H13N3O2/c1-20-14-5-3-2-4-12(14)17-15(19)10-6-7-11-9-16-18-13(11)8-10/h2-9H,1H3,(H,16,18)(H,17,19). The van der Waals surface area contributed by atoms with E-state index in [1.165, 1.54) is 0 Å². The van der Waals surface area contributed by atoms with Crippen molar-refractivity contribution in [3.8, 4) is 5.75 Å². The van der Waals surface area contributed by atoms with E-state index in [9.17, 15) is 4.79 Å². The Labute approximate surface area is 115 Å². The van der Waals surface area contributed by atoms with Crippen LogP contribution in [0.3, 0.4) is 0 Å². The number of H-pyrrole nitrogens is 1. The zero-order valence-electron chi connectivity index (χ0n) is 10.9. The summed E-state index contributed by atoms with van der Waals surface area (Å²) in [6, 6.07) is 12.7. The molecule has 1 amide bonds. The molecular formula is C15H13N3O2. The van der Waals surface area contributed by atoms with Gasteiger partial charge in [-0.3, -0.25) is 9.89 Å². The molecule has 5 heteroatoms. The molecule has 20 heavy (non-hydrogen) atoms. The summed E-state index contributed by atoms with van der Waals surface area (Å²) >= 11 is 0. The van der Waals surface area contributed by atoms with E-state index in [4.69, 9.17) is 4.74 Å². The number of benzene rings is 2. The van der Waals surface area contributed by atoms with E-state index in [1.54, 1.807) is 37.6 Å². The zero-order chi connectivity index (χ0) is 13.9. The third-order valence-electron chi connectivity index (χ3n) is 3.06. The number of nitrogens with zero attached hydrogens (tertiary/aromatic N) is 1. The molecular weight excluding hydrogens is 254 g/mol. The fourth-order valence-corrected chi connectivity index (χ4v) is 2.02. The van der Waals surface area contributed by atoms with Crippen LogP contribution in [0.4, 0.5) is 5.69 Å². The van der Waals surface area contributed by atoms with Gasteiger partial charge in [-0.1, -0.05) is 18.2 Å². The van der Waals surface area contributed by atoms with Gasteiger partial charge in [0.2, 0.25) is 0 Å². The number of aromatic nitrogens is 2. The lowest BCUT2D eigenvalue weighted by Gasteiger charge is -2.09. The van der Waals surface area contributed by atoms with Gasteiger partial charge in [-0.2, -0.15) is 5.10 Å². The van der Waals surface area contributed by atoms with Gasteiger partial charge in [-0.25, -0.2) is 0 Å². The minimum Gasteiger partial charge on any atom is -0.495 e. The van der Waals surface area contributed by atoms with Gasteiger partial charge < -0.3 is 10.1 Å². The summed E-state index contributed by atoms with van der Waals surface area (Å²) in [5.41, 5.74) is 2.04. The van der Waals surface area contributed by atoms with E-state index in [0.29, 0.717) is 17.0 Å². The monoisotopic (exact) mass is 267 g/mol. The zero-order valence-corrected chi connectivity index (χ0v) is 10.9. The average molecular weight is 267 g/mol.